The summed E-state index contributed by atoms with van der Waals surface area (Å²) in [6, 6.07) is 0. The van der Waals surface area contributed by atoms with Crippen LogP contribution in [0.3, 0.4) is 0 Å². The van der Waals surface area contributed by atoms with Crippen molar-refractivity contribution >= 4 is 0 Å². The summed E-state index contributed by atoms with van der Waals surface area (Å²) in [5.41, 5.74) is 1.31. The fraction of sp³-hybridized carbons (Fsp3) is 0.500. The summed E-state index contributed by atoms with van der Waals surface area (Å²) in [4.78, 5) is 0. The van der Waals surface area contributed by atoms with Gasteiger partial charge in [0.2, 0.25) is 0 Å². The molecule has 0 rings (SSSR count). The zero-order chi connectivity index (χ0) is 6.41. The first-order valence-corrected chi connectivity index (χ1v) is 2.92. The summed E-state index contributed by atoms with van der Waals surface area (Å²) in [5.74, 6) is 0. The molecule has 0 aliphatic rings. The smallest absolute Gasteiger partial charge is 0.0136 e. The predicted molar refractivity (Wildman–Crippen MR) is 37.5 cm³/mol. The third-order valence-corrected chi connectivity index (χ3v) is 1.09. The first-order valence-electron chi connectivity index (χ1n) is 2.92. The molecule has 45 valence electrons. The summed E-state index contributed by atoms with van der Waals surface area (Å²) in [7, 11) is 0. The van der Waals surface area contributed by atoms with E-state index in [1.807, 2.05) is 13.8 Å². The monoisotopic (exact) mass is 109 g/mol. The summed E-state index contributed by atoms with van der Waals surface area (Å²) in [6.45, 7) is 6.06. The Morgan fingerprint density at radius 1 is 1.62 bits per heavy atom. The third kappa shape index (κ3) is 3.66. The molecule has 0 heteroatoms. The van der Waals surface area contributed by atoms with Crippen LogP contribution in [0.25, 0.3) is 0 Å². The van der Waals surface area contributed by atoms with Gasteiger partial charge in [-0.05, 0) is 33.3 Å². The van der Waals surface area contributed by atoms with Crippen LogP contribution in [0, 0.1) is 6.08 Å². The molecular formula is C8H13. The molecule has 0 aromatic heterocycles. The van der Waals surface area contributed by atoms with Crippen LogP contribution in [-0.4, -0.2) is 0 Å². The zero-order valence-electron chi connectivity index (χ0n) is 5.86. The average molecular weight is 109 g/mol. The molecule has 0 aromatic rings. The van der Waals surface area contributed by atoms with Gasteiger partial charge in [-0.2, -0.15) is 0 Å². The first kappa shape index (κ1) is 7.48. The predicted octanol–water partition coefficient (Wildman–Crippen LogP) is 2.72. The summed E-state index contributed by atoms with van der Waals surface area (Å²) >= 11 is 0. The molecule has 0 aliphatic carbocycles. The van der Waals surface area contributed by atoms with Crippen molar-refractivity contribution in [2.45, 2.75) is 27.2 Å². The molecule has 0 aliphatic heterocycles. The van der Waals surface area contributed by atoms with E-state index in [0.29, 0.717) is 0 Å². The van der Waals surface area contributed by atoms with Crippen molar-refractivity contribution in [2.75, 3.05) is 0 Å². The molecule has 0 nitrogen and oxygen atoms in total. The lowest BCUT2D eigenvalue weighted by molar-refractivity contribution is 1.18. The quantitative estimate of drug-likeness (QED) is 0.478. The Labute approximate surface area is 51.9 Å². The molecule has 0 aromatic carbocycles. The largest absolute Gasteiger partial charge is 0.0913 e. The van der Waals surface area contributed by atoms with Crippen LogP contribution in [0.1, 0.15) is 27.2 Å². The molecule has 0 unspecified atom stereocenters. The van der Waals surface area contributed by atoms with E-state index >= 15 is 0 Å². The van der Waals surface area contributed by atoms with Gasteiger partial charge in [0.05, 0.1) is 0 Å². The van der Waals surface area contributed by atoms with Gasteiger partial charge in [0.15, 0.2) is 0 Å². The second kappa shape index (κ2) is 4.63. The Hall–Kier alpha value is -0.520. The number of hydrogen-bond acceptors (Lipinski definition) is 0. The van der Waals surface area contributed by atoms with E-state index in [1.54, 1.807) is 0 Å². The van der Waals surface area contributed by atoms with Crippen molar-refractivity contribution in [1.29, 1.82) is 0 Å². The van der Waals surface area contributed by atoms with Crippen LogP contribution >= 0.6 is 0 Å². The molecular weight excluding hydrogens is 96.1 g/mol. The Kier molecular flexibility index (Phi) is 4.33. The van der Waals surface area contributed by atoms with Crippen molar-refractivity contribution in [1.82, 2.24) is 0 Å². The fourth-order valence-electron chi connectivity index (χ4n) is 0.397. The maximum atomic E-state index is 3.07. The molecule has 0 fully saturated rings. The Balaban J connectivity index is 3.40. The van der Waals surface area contributed by atoms with Crippen LogP contribution < -0.4 is 0 Å². The normalized spacial score (nSPS) is 13.1. The van der Waals surface area contributed by atoms with E-state index in [2.05, 4.69) is 25.2 Å². The minimum Gasteiger partial charge on any atom is -0.0913 e. The van der Waals surface area contributed by atoms with Crippen LogP contribution in [-0.2, 0) is 0 Å². The maximum absolute atomic E-state index is 3.07. The zero-order valence-corrected chi connectivity index (χ0v) is 5.86. The Bertz CT molecular complexity index is 96.6. The van der Waals surface area contributed by atoms with Crippen molar-refractivity contribution in [3.8, 4) is 0 Å². The summed E-state index contributed by atoms with van der Waals surface area (Å²) in [6.07, 6.45) is 8.30. The molecule has 8 heavy (non-hydrogen) atoms. The van der Waals surface area contributed by atoms with Gasteiger partial charge in [-0.3, -0.25) is 0 Å². The molecule has 0 heterocycles. The van der Waals surface area contributed by atoms with Gasteiger partial charge in [0.25, 0.3) is 0 Å². The molecule has 0 amide bonds. The first-order chi connectivity index (χ1) is 3.81. The highest BCUT2D eigenvalue weighted by molar-refractivity contribution is 4.98. The molecule has 0 N–H and O–H groups in total. The van der Waals surface area contributed by atoms with E-state index in [0.717, 1.165) is 6.42 Å². The Morgan fingerprint density at radius 2 is 2.25 bits per heavy atom. The highest BCUT2D eigenvalue weighted by Crippen LogP contribution is 1.97. The van der Waals surface area contributed by atoms with Crippen molar-refractivity contribution in [3.63, 3.8) is 0 Å². The second-order valence-electron chi connectivity index (χ2n) is 1.80. The standard InChI is InChI=1S/C8H13/c1-4-6-7-8(3)5-2/h4,6H,7H2,1-3H3. The van der Waals surface area contributed by atoms with Gasteiger partial charge in [-0.1, -0.05) is 17.7 Å². The highest BCUT2D eigenvalue weighted by atomic mass is 13.8. The maximum Gasteiger partial charge on any atom is -0.0136 e. The van der Waals surface area contributed by atoms with Crippen LogP contribution in [0.4, 0.5) is 0 Å². The number of rotatable bonds is 2. The van der Waals surface area contributed by atoms with Crippen LogP contribution in [0.5, 0.6) is 0 Å². The topological polar surface area (TPSA) is 0 Å². The van der Waals surface area contributed by atoms with Crippen molar-refractivity contribution in [3.05, 3.63) is 23.8 Å². The van der Waals surface area contributed by atoms with E-state index < -0.39 is 0 Å². The minimum atomic E-state index is 1.05. The van der Waals surface area contributed by atoms with Gasteiger partial charge in [-0.25, -0.2) is 0 Å². The number of allylic oxidation sites excluding steroid dienone is 4. The van der Waals surface area contributed by atoms with E-state index in [1.165, 1.54) is 5.57 Å². The van der Waals surface area contributed by atoms with Gasteiger partial charge >= 0.3 is 0 Å². The van der Waals surface area contributed by atoms with Gasteiger partial charge in [0.1, 0.15) is 0 Å². The average Bonchev–Trinajstić information content (AvgIpc) is 1.83. The molecule has 0 bridgehead atoms. The third-order valence-electron chi connectivity index (χ3n) is 1.09. The fourth-order valence-corrected chi connectivity index (χ4v) is 0.397. The molecule has 0 saturated carbocycles. The minimum absolute atomic E-state index is 1.05. The highest BCUT2D eigenvalue weighted by Gasteiger charge is 1.78. The van der Waals surface area contributed by atoms with E-state index in [-0.39, 0.29) is 0 Å². The lowest BCUT2D eigenvalue weighted by atomic mass is 10.2. The molecule has 0 spiro atoms. The lowest BCUT2D eigenvalue weighted by Crippen LogP contribution is -1.68. The number of hydrogen-bond donors (Lipinski definition) is 0. The van der Waals surface area contributed by atoms with Gasteiger partial charge < -0.3 is 0 Å². The van der Waals surface area contributed by atoms with E-state index in [4.69, 9.17) is 0 Å². The summed E-state index contributed by atoms with van der Waals surface area (Å²) in [5, 5.41) is 0. The lowest BCUT2D eigenvalue weighted by Gasteiger charge is -1.88. The van der Waals surface area contributed by atoms with Gasteiger partial charge in [-0.15, -0.1) is 0 Å². The molecule has 0 saturated heterocycles. The Morgan fingerprint density at radius 3 is 2.62 bits per heavy atom. The van der Waals surface area contributed by atoms with Crippen molar-refractivity contribution in [2.24, 2.45) is 0 Å². The van der Waals surface area contributed by atoms with Gasteiger partial charge in [0, 0.05) is 0 Å². The molecule has 0 atom stereocenters. The SMILES string of the molecule is C[C]=C(C)CC=CC. The summed E-state index contributed by atoms with van der Waals surface area (Å²) < 4.78 is 0. The van der Waals surface area contributed by atoms with Crippen molar-refractivity contribution < 1.29 is 0 Å². The molecule has 1 radical (unpaired) electrons. The van der Waals surface area contributed by atoms with Crippen LogP contribution in [0.15, 0.2) is 17.7 Å². The van der Waals surface area contributed by atoms with Crippen LogP contribution in [0.2, 0.25) is 0 Å². The van der Waals surface area contributed by atoms with E-state index in [9.17, 15) is 0 Å². The second-order valence-corrected chi connectivity index (χ2v) is 1.80.